The van der Waals surface area contributed by atoms with E-state index in [0.29, 0.717) is 22.9 Å². The van der Waals surface area contributed by atoms with Gasteiger partial charge in [-0.1, -0.05) is 12.1 Å². The molecule has 6 nitrogen and oxygen atoms in total. The lowest BCUT2D eigenvalue weighted by Gasteiger charge is -2.19. The van der Waals surface area contributed by atoms with Crippen LogP contribution in [-0.2, 0) is 0 Å². The van der Waals surface area contributed by atoms with E-state index >= 15 is 0 Å². The molecule has 0 aliphatic heterocycles. The number of hydrogen-bond donors (Lipinski definition) is 1. The normalized spacial score (nSPS) is 11.7. The van der Waals surface area contributed by atoms with Crippen molar-refractivity contribution in [2.24, 2.45) is 0 Å². The first-order valence-electron chi connectivity index (χ1n) is 8.65. The number of rotatable bonds is 5. The highest BCUT2D eigenvalue weighted by atomic mass is 16.5. The first-order valence-corrected chi connectivity index (χ1v) is 8.65. The molecule has 1 N–H and O–H groups in total. The number of aromatic nitrogens is 2. The maximum Gasteiger partial charge on any atom is 0.161 e. The standard InChI is InChI=1S/C21H22N4O2/c1-12-15(11-22)7-6-8-16(12)13(2)23-21-18-10-20(27-5)19(26-4)9-17(18)14(3)24-25-21/h6-10,13H,1-5H3,(H,23,25)/t13-/m1/s1. The molecule has 0 saturated carbocycles. The Labute approximate surface area is 158 Å². The Morgan fingerprint density at radius 2 is 1.70 bits per heavy atom. The number of anilines is 1. The number of methoxy groups -OCH3 is 2. The van der Waals surface area contributed by atoms with E-state index in [9.17, 15) is 5.26 Å². The smallest absolute Gasteiger partial charge is 0.161 e. The molecular weight excluding hydrogens is 340 g/mol. The molecule has 2 aromatic carbocycles. The molecule has 0 bridgehead atoms. The van der Waals surface area contributed by atoms with E-state index < -0.39 is 0 Å². The van der Waals surface area contributed by atoms with Gasteiger partial charge >= 0.3 is 0 Å². The van der Waals surface area contributed by atoms with Crippen LogP contribution in [0.2, 0.25) is 0 Å². The van der Waals surface area contributed by atoms with Gasteiger partial charge in [-0.05, 0) is 50.1 Å². The van der Waals surface area contributed by atoms with E-state index in [1.807, 2.05) is 51.1 Å². The van der Waals surface area contributed by atoms with Crippen LogP contribution >= 0.6 is 0 Å². The van der Waals surface area contributed by atoms with Crippen molar-refractivity contribution in [2.75, 3.05) is 19.5 Å². The summed E-state index contributed by atoms with van der Waals surface area (Å²) in [7, 11) is 3.22. The summed E-state index contributed by atoms with van der Waals surface area (Å²) in [5.41, 5.74) is 3.49. The highest BCUT2D eigenvalue weighted by Crippen LogP contribution is 2.36. The highest BCUT2D eigenvalue weighted by Gasteiger charge is 2.16. The molecule has 6 heteroatoms. The van der Waals surface area contributed by atoms with Crippen molar-refractivity contribution in [3.8, 4) is 17.6 Å². The zero-order chi connectivity index (χ0) is 19.6. The summed E-state index contributed by atoms with van der Waals surface area (Å²) in [6, 6.07) is 11.7. The average Bonchev–Trinajstić information content (AvgIpc) is 2.69. The summed E-state index contributed by atoms with van der Waals surface area (Å²) in [5.74, 6) is 1.94. The molecule has 1 atom stereocenters. The van der Waals surface area contributed by atoms with E-state index in [1.54, 1.807) is 14.2 Å². The van der Waals surface area contributed by atoms with Crippen molar-refractivity contribution in [1.82, 2.24) is 10.2 Å². The lowest BCUT2D eigenvalue weighted by atomic mass is 9.98. The van der Waals surface area contributed by atoms with Crippen LogP contribution in [0.15, 0.2) is 30.3 Å². The summed E-state index contributed by atoms with van der Waals surface area (Å²) >= 11 is 0. The van der Waals surface area contributed by atoms with Crippen LogP contribution < -0.4 is 14.8 Å². The number of benzene rings is 2. The molecule has 0 aliphatic rings. The number of nitriles is 1. The van der Waals surface area contributed by atoms with Gasteiger partial charge in [-0.3, -0.25) is 0 Å². The van der Waals surface area contributed by atoms with Gasteiger partial charge in [-0.25, -0.2) is 0 Å². The van der Waals surface area contributed by atoms with Gasteiger partial charge in [-0.15, -0.1) is 5.10 Å². The first-order chi connectivity index (χ1) is 13.0. The van der Waals surface area contributed by atoms with Gasteiger partial charge in [0.15, 0.2) is 17.3 Å². The van der Waals surface area contributed by atoms with Crippen LogP contribution in [0, 0.1) is 25.2 Å². The lowest BCUT2D eigenvalue weighted by molar-refractivity contribution is 0.356. The molecule has 0 fully saturated rings. The van der Waals surface area contributed by atoms with Gasteiger partial charge in [0.25, 0.3) is 0 Å². The van der Waals surface area contributed by atoms with Crippen molar-refractivity contribution in [1.29, 1.82) is 5.26 Å². The molecule has 1 aromatic heterocycles. The number of nitrogens with one attached hydrogen (secondary N) is 1. The van der Waals surface area contributed by atoms with Crippen molar-refractivity contribution in [3.05, 3.63) is 52.7 Å². The van der Waals surface area contributed by atoms with Crippen LogP contribution in [0.1, 0.15) is 35.3 Å². The third kappa shape index (κ3) is 3.36. The molecular formula is C21H22N4O2. The zero-order valence-electron chi connectivity index (χ0n) is 16.1. The SMILES string of the molecule is COc1cc2c(C)nnc(N[C@H](C)c3cccc(C#N)c3C)c2cc1OC. The molecule has 3 rings (SSSR count). The van der Waals surface area contributed by atoms with Crippen molar-refractivity contribution in [3.63, 3.8) is 0 Å². The fourth-order valence-electron chi connectivity index (χ4n) is 3.24. The fourth-order valence-corrected chi connectivity index (χ4v) is 3.24. The number of hydrogen-bond acceptors (Lipinski definition) is 6. The Morgan fingerprint density at radius 3 is 2.33 bits per heavy atom. The third-order valence-corrected chi connectivity index (χ3v) is 4.78. The molecule has 3 aromatic rings. The molecule has 0 aliphatic carbocycles. The molecule has 0 saturated heterocycles. The Hall–Kier alpha value is -3.33. The van der Waals surface area contributed by atoms with Gasteiger partial charge < -0.3 is 14.8 Å². The van der Waals surface area contributed by atoms with Crippen molar-refractivity contribution < 1.29 is 9.47 Å². The Balaban J connectivity index is 2.07. The second-order valence-electron chi connectivity index (χ2n) is 6.38. The third-order valence-electron chi connectivity index (χ3n) is 4.78. The van der Waals surface area contributed by atoms with E-state index in [4.69, 9.17) is 9.47 Å². The zero-order valence-corrected chi connectivity index (χ0v) is 16.1. The van der Waals surface area contributed by atoms with Crippen molar-refractivity contribution in [2.45, 2.75) is 26.8 Å². The van der Waals surface area contributed by atoms with Gasteiger partial charge in [0.2, 0.25) is 0 Å². The van der Waals surface area contributed by atoms with Crippen LogP contribution in [0.5, 0.6) is 11.5 Å². The molecule has 0 spiro atoms. The average molecular weight is 362 g/mol. The predicted octanol–water partition coefficient (Wildman–Crippen LogP) is 4.31. The summed E-state index contributed by atoms with van der Waals surface area (Å²) in [5, 5.41) is 23.2. The number of ether oxygens (including phenoxy) is 2. The van der Waals surface area contributed by atoms with Gasteiger partial charge in [0.05, 0.1) is 37.6 Å². The van der Waals surface area contributed by atoms with Crippen molar-refractivity contribution >= 4 is 16.6 Å². The Kier molecular flexibility index (Phi) is 5.13. The lowest BCUT2D eigenvalue weighted by Crippen LogP contribution is -2.11. The van der Waals surface area contributed by atoms with Gasteiger partial charge in [0, 0.05) is 10.8 Å². The monoisotopic (exact) mass is 362 g/mol. The quantitative estimate of drug-likeness (QED) is 0.728. The molecule has 0 unspecified atom stereocenters. The largest absolute Gasteiger partial charge is 0.493 e. The minimum absolute atomic E-state index is 0.0494. The fraction of sp³-hybridized carbons (Fsp3) is 0.286. The van der Waals surface area contributed by atoms with E-state index in [2.05, 4.69) is 21.6 Å². The highest BCUT2D eigenvalue weighted by molar-refractivity contribution is 5.95. The van der Waals surface area contributed by atoms with Crippen LogP contribution in [0.25, 0.3) is 10.8 Å². The molecule has 0 amide bonds. The maximum absolute atomic E-state index is 9.27. The predicted molar refractivity (Wildman–Crippen MR) is 105 cm³/mol. The van der Waals surface area contributed by atoms with E-state index in [1.165, 1.54) is 0 Å². The van der Waals surface area contributed by atoms with Gasteiger partial charge in [0.1, 0.15) is 0 Å². The summed E-state index contributed by atoms with van der Waals surface area (Å²) in [6.45, 7) is 5.91. The van der Waals surface area contributed by atoms with Gasteiger partial charge in [-0.2, -0.15) is 10.4 Å². The molecule has 27 heavy (non-hydrogen) atoms. The Bertz CT molecular complexity index is 1040. The minimum atomic E-state index is -0.0494. The first kappa shape index (κ1) is 18.5. The number of nitrogens with zero attached hydrogens (tertiary/aromatic N) is 3. The van der Waals surface area contributed by atoms with Crippen LogP contribution in [-0.4, -0.2) is 24.4 Å². The molecule has 0 radical (unpaired) electrons. The summed E-state index contributed by atoms with van der Waals surface area (Å²) < 4.78 is 10.8. The second kappa shape index (κ2) is 7.50. The summed E-state index contributed by atoms with van der Waals surface area (Å²) in [6.07, 6.45) is 0. The van der Waals surface area contributed by atoms with Crippen LogP contribution in [0.3, 0.4) is 0 Å². The molecule has 1 heterocycles. The van der Waals surface area contributed by atoms with E-state index in [0.717, 1.165) is 27.6 Å². The topological polar surface area (TPSA) is 80.1 Å². The number of fused-ring (bicyclic) bond motifs is 1. The minimum Gasteiger partial charge on any atom is -0.493 e. The number of aryl methyl sites for hydroxylation is 1. The molecule has 138 valence electrons. The second-order valence-corrected chi connectivity index (χ2v) is 6.38. The summed E-state index contributed by atoms with van der Waals surface area (Å²) in [4.78, 5) is 0. The van der Waals surface area contributed by atoms with E-state index in [-0.39, 0.29) is 6.04 Å². The maximum atomic E-state index is 9.27. The Morgan fingerprint density at radius 1 is 1.04 bits per heavy atom. The van der Waals surface area contributed by atoms with Crippen LogP contribution in [0.4, 0.5) is 5.82 Å².